The van der Waals surface area contributed by atoms with Crippen molar-refractivity contribution >= 4 is 28.6 Å². The Morgan fingerprint density at radius 3 is 2.77 bits per heavy atom. The van der Waals surface area contributed by atoms with Crippen LogP contribution in [0.3, 0.4) is 0 Å². The van der Waals surface area contributed by atoms with Gasteiger partial charge in [0.2, 0.25) is 5.44 Å². The number of carbonyl (C=O) groups excluding carboxylic acids is 1. The SMILES string of the molecule is C#Cc1cnc2c(C)cc(OC(SC)C(=O)NC(C)(C)c3cc(CC)on3)cc2c1. The molecule has 0 spiro atoms. The lowest BCUT2D eigenvalue weighted by molar-refractivity contribution is -0.126. The number of carbonyl (C=O) groups is 1. The number of aromatic nitrogens is 2. The van der Waals surface area contributed by atoms with Crippen LogP contribution in [0.4, 0.5) is 0 Å². The Balaban J connectivity index is 1.80. The molecule has 30 heavy (non-hydrogen) atoms. The van der Waals surface area contributed by atoms with E-state index >= 15 is 0 Å². The Morgan fingerprint density at radius 2 is 2.13 bits per heavy atom. The summed E-state index contributed by atoms with van der Waals surface area (Å²) in [6, 6.07) is 7.47. The number of pyridine rings is 1. The number of fused-ring (bicyclic) bond motifs is 1. The van der Waals surface area contributed by atoms with Crippen molar-refractivity contribution in [3.05, 3.63) is 53.0 Å². The summed E-state index contributed by atoms with van der Waals surface area (Å²) < 4.78 is 11.3. The van der Waals surface area contributed by atoms with Crippen LogP contribution in [0, 0.1) is 19.3 Å². The fraction of sp³-hybridized carbons (Fsp3) is 0.348. The first kappa shape index (κ1) is 21.7. The van der Waals surface area contributed by atoms with Crippen LogP contribution in [0.1, 0.15) is 43.4 Å². The summed E-state index contributed by atoms with van der Waals surface area (Å²) in [7, 11) is 0. The van der Waals surface area contributed by atoms with Gasteiger partial charge in [-0.3, -0.25) is 9.78 Å². The highest BCUT2D eigenvalue weighted by molar-refractivity contribution is 7.99. The maximum atomic E-state index is 12.9. The van der Waals surface area contributed by atoms with Gasteiger partial charge >= 0.3 is 0 Å². The van der Waals surface area contributed by atoms with E-state index in [4.69, 9.17) is 15.7 Å². The molecule has 3 rings (SSSR count). The van der Waals surface area contributed by atoms with Crippen LogP contribution in [0.25, 0.3) is 10.9 Å². The lowest BCUT2D eigenvalue weighted by Crippen LogP contribution is -2.46. The highest BCUT2D eigenvalue weighted by Crippen LogP contribution is 2.27. The van der Waals surface area contributed by atoms with Gasteiger partial charge in [0.05, 0.1) is 11.1 Å². The Bertz CT molecular complexity index is 1110. The molecule has 0 saturated heterocycles. The summed E-state index contributed by atoms with van der Waals surface area (Å²) in [5.74, 6) is 3.70. The summed E-state index contributed by atoms with van der Waals surface area (Å²) in [5, 5.41) is 7.96. The van der Waals surface area contributed by atoms with Crippen LogP contribution in [0.15, 0.2) is 35.0 Å². The van der Waals surface area contributed by atoms with Gasteiger partial charge in [0.1, 0.15) is 17.2 Å². The molecule has 1 N–H and O–H groups in total. The standard InChI is InChI=1S/C23H25N3O3S/c1-7-15-10-16-11-18(9-14(3)20(16)24-13-15)28-22(30-6)21(27)25-23(4,5)19-12-17(8-2)29-26-19/h1,9-13,22H,8H2,2-6H3,(H,25,27). The zero-order chi connectivity index (χ0) is 21.9. The lowest BCUT2D eigenvalue weighted by Gasteiger charge is -2.26. The van der Waals surface area contributed by atoms with E-state index in [1.165, 1.54) is 11.8 Å². The fourth-order valence-corrected chi connectivity index (χ4v) is 3.56. The molecule has 0 aliphatic carbocycles. The van der Waals surface area contributed by atoms with Crippen LogP contribution < -0.4 is 10.1 Å². The van der Waals surface area contributed by atoms with Gasteiger partial charge in [0.25, 0.3) is 5.91 Å². The van der Waals surface area contributed by atoms with Crippen molar-refractivity contribution in [2.24, 2.45) is 0 Å². The number of rotatable bonds is 7. The molecule has 1 amide bonds. The van der Waals surface area contributed by atoms with Crippen molar-refractivity contribution in [3.8, 4) is 18.1 Å². The van der Waals surface area contributed by atoms with E-state index in [1.807, 2.05) is 58.2 Å². The molecule has 0 fully saturated rings. The topological polar surface area (TPSA) is 77.2 Å². The molecule has 3 aromatic rings. The number of amides is 1. The van der Waals surface area contributed by atoms with E-state index in [0.717, 1.165) is 28.6 Å². The highest BCUT2D eigenvalue weighted by atomic mass is 32.2. The monoisotopic (exact) mass is 423 g/mol. The number of terminal acetylenes is 1. The molecule has 1 aromatic carbocycles. The predicted molar refractivity (Wildman–Crippen MR) is 119 cm³/mol. The second-order valence-corrected chi connectivity index (χ2v) is 8.41. The normalized spacial score (nSPS) is 12.4. The van der Waals surface area contributed by atoms with E-state index in [9.17, 15) is 4.79 Å². The molecule has 2 heterocycles. The molecule has 6 nitrogen and oxygen atoms in total. The molecular formula is C23H25N3O3S. The predicted octanol–water partition coefficient (Wildman–Crippen LogP) is 4.19. The van der Waals surface area contributed by atoms with Crippen molar-refractivity contribution in [1.29, 1.82) is 0 Å². The number of nitrogens with zero attached hydrogens (tertiary/aromatic N) is 2. The van der Waals surface area contributed by atoms with E-state index in [0.29, 0.717) is 17.0 Å². The lowest BCUT2D eigenvalue weighted by atomic mass is 10.0. The fourth-order valence-electron chi connectivity index (χ4n) is 3.08. The van der Waals surface area contributed by atoms with E-state index in [2.05, 4.69) is 21.4 Å². The van der Waals surface area contributed by atoms with Gasteiger partial charge in [-0.15, -0.1) is 18.2 Å². The molecular weight excluding hydrogens is 398 g/mol. The van der Waals surface area contributed by atoms with Crippen LogP contribution in [0.5, 0.6) is 5.75 Å². The maximum Gasteiger partial charge on any atom is 0.272 e. The Morgan fingerprint density at radius 1 is 1.37 bits per heavy atom. The largest absolute Gasteiger partial charge is 0.470 e. The number of ether oxygens (including phenoxy) is 1. The molecule has 0 radical (unpaired) electrons. The first-order valence-corrected chi connectivity index (χ1v) is 10.9. The third kappa shape index (κ3) is 4.60. The molecule has 0 saturated carbocycles. The van der Waals surface area contributed by atoms with Crippen molar-refractivity contribution in [2.45, 2.75) is 45.1 Å². The average molecular weight is 424 g/mol. The van der Waals surface area contributed by atoms with Crippen LogP contribution in [-0.2, 0) is 16.8 Å². The summed E-state index contributed by atoms with van der Waals surface area (Å²) in [6.07, 6.45) is 9.73. The number of nitrogens with one attached hydrogen (secondary N) is 1. The number of hydrogen-bond donors (Lipinski definition) is 1. The smallest absolute Gasteiger partial charge is 0.272 e. The number of aryl methyl sites for hydroxylation is 2. The van der Waals surface area contributed by atoms with Crippen LogP contribution in [-0.4, -0.2) is 27.7 Å². The van der Waals surface area contributed by atoms with Gasteiger partial charge < -0.3 is 14.6 Å². The minimum absolute atomic E-state index is 0.248. The van der Waals surface area contributed by atoms with Gasteiger partial charge in [-0.25, -0.2) is 0 Å². The number of benzene rings is 1. The Kier molecular flexibility index (Phi) is 6.37. The zero-order valence-electron chi connectivity index (χ0n) is 17.8. The van der Waals surface area contributed by atoms with Gasteiger partial charge in [-0.2, -0.15) is 0 Å². The molecule has 0 bridgehead atoms. The number of hydrogen-bond acceptors (Lipinski definition) is 6. The van der Waals surface area contributed by atoms with Gasteiger partial charge in [0, 0.05) is 29.6 Å². The minimum atomic E-state index is -0.734. The van der Waals surface area contributed by atoms with Crippen molar-refractivity contribution in [2.75, 3.05) is 6.26 Å². The summed E-state index contributed by atoms with van der Waals surface area (Å²) >= 11 is 1.31. The second kappa shape index (κ2) is 8.80. The molecule has 7 heteroatoms. The Labute approximate surface area is 180 Å². The quantitative estimate of drug-likeness (QED) is 0.453. The van der Waals surface area contributed by atoms with Crippen molar-refractivity contribution in [3.63, 3.8) is 0 Å². The molecule has 156 valence electrons. The third-order valence-corrected chi connectivity index (χ3v) is 5.51. The van der Waals surface area contributed by atoms with Crippen LogP contribution >= 0.6 is 11.8 Å². The van der Waals surface area contributed by atoms with Crippen molar-refractivity contribution < 1.29 is 14.1 Å². The average Bonchev–Trinajstić information content (AvgIpc) is 3.21. The Hall–Kier alpha value is -2.98. The zero-order valence-corrected chi connectivity index (χ0v) is 18.6. The van der Waals surface area contributed by atoms with E-state index in [-0.39, 0.29) is 5.91 Å². The third-order valence-electron chi connectivity index (χ3n) is 4.77. The van der Waals surface area contributed by atoms with Gasteiger partial charge in [0.15, 0.2) is 0 Å². The molecule has 2 aromatic heterocycles. The first-order valence-electron chi connectivity index (χ1n) is 9.62. The van der Waals surface area contributed by atoms with E-state index in [1.54, 1.807) is 6.20 Å². The number of thioether (sulfide) groups is 1. The summed E-state index contributed by atoms with van der Waals surface area (Å²) in [4.78, 5) is 17.4. The maximum absolute atomic E-state index is 12.9. The van der Waals surface area contributed by atoms with Crippen LogP contribution in [0.2, 0.25) is 0 Å². The molecule has 0 aliphatic heterocycles. The van der Waals surface area contributed by atoms with Crippen molar-refractivity contribution in [1.82, 2.24) is 15.5 Å². The second-order valence-electron chi connectivity index (χ2n) is 7.51. The van der Waals surface area contributed by atoms with Gasteiger partial charge in [-0.05, 0) is 50.8 Å². The summed E-state index contributed by atoms with van der Waals surface area (Å²) in [6.45, 7) is 7.70. The van der Waals surface area contributed by atoms with Gasteiger partial charge in [-0.1, -0.05) is 18.0 Å². The molecule has 1 atom stereocenters. The molecule has 0 aliphatic rings. The summed E-state index contributed by atoms with van der Waals surface area (Å²) in [5.41, 5.74) is 1.73. The van der Waals surface area contributed by atoms with E-state index < -0.39 is 11.0 Å². The first-order chi connectivity index (χ1) is 14.3. The molecule has 1 unspecified atom stereocenters. The highest BCUT2D eigenvalue weighted by Gasteiger charge is 2.31. The minimum Gasteiger partial charge on any atom is -0.470 e.